The molecule has 66 valence electrons. The highest BCUT2D eigenvalue weighted by Crippen LogP contribution is 1.58. The van der Waals surface area contributed by atoms with Gasteiger partial charge in [0.15, 0.2) is 6.86 Å². The Bertz CT molecular complexity index is 25.6. The van der Waals surface area contributed by atoms with E-state index in [1.807, 2.05) is 0 Å². The molecule has 1 nitrogen and oxygen atoms in total. The van der Waals surface area contributed by atoms with Gasteiger partial charge in [-0.1, -0.05) is 0 Å². The number of alkyl halides is 4. The van der Waals surface area contributed by atoms with Gasteiger partial charge in [-0.15, -0.1) is 0 Å². The number of hydrogen-bond donors (Lipinski definition) is 0. The molecule has 0 aromatic heterocycles. The summed E-state index contributed by atoms with van der Waals surface area (Å²) in [5, 5.41) is 0. The van der Waals surface area contributed by atoms with Gasteiger partial charge in [0.2, 0.25) is 6.93 Å². The van der Waals surface area contributed by atoms with Crippen molar-refractivity contribution in [1.82, 2.24) is 0 Å². The Morgan fingerprint density at radius 2 is 1.20 bits per heavy atom. The van der Waals surface area contributed by atoms with Crippen molar-refractivity contribution < 1.29 is 22.3 Å². The molecule has 0 aromatic carbocycles. The van der Waals surface area contributed by atoms with E-state index in [2.05, 4.69) is 4.74 Å². The zero-order chi connectivity index (χ0) is 8.83. The third-order valence-corrected chi connectivity index (χ3v) is 0.109. The molecule has 0 bridgehead atoms. The number of methoxy groups -OCH3 is 1. The molecule has 0 unspecified atom stereocenters. The lowest BCUT2D eigenvalue weighted by atomic mass is 10.9. The fraction of sp³-hybridized carbons (Fsp3) is 1.00. The summed E-state index contributed by atoms with van der Waals surface area (Å²) < 4.78 is 43.9. The van der Waals surface area contributed by atoms with Crippen molar-refractivity contribution in [2.24, 2.45) is 0 Å². The van der Waals surface area contributed by atoms with Gasteiger partial charge in [-0.05, 0) is 6.92 Å². The molecule has 0 amide bonds. The summed E-state index contributed by atoms with van der Waals surface area (Å²) >= 11 is 0. The molecule has 0 aromatic rings. The van der Waals surface area contributed by atoms with Gasteiger partial charge in [0.05, 0.1) is 6.67 Å². The van der Waals surface area contributed by atoms with Crippen molar-refractivity contribution in [1.29, 1.82) is 0 Å². The lowest BCUT2D eigenvalue weighted by Crippen LogP contribution is -1.70. The molecule has 0 aliphatic carbocycles. The molecule has 0 saturated heterocycles. The summed E-state index contributed by atoms with van der Waals surface area (Å²) in [6.45, 7) is -1.22. The summed E-state index contributed by atoms with van der Waals surface area (Å²) in [6, 6.07) is 0. The smallest absolute Gasteiger partial charge is 0.229 e. The van der Waals surface area contributed by atoms with E-state index in [-0.39, 0.29) is 6.67 Å². The van der Waals surface area contributed by atoms with Gasteiger partial charge >= 0.3 is 0 Å². The molecule has 0 aliphatic rings. The maximum Gasteiger partial charge on any atom is 0.229 e. The Hall–Kier alpha value is -0.320. The molecule has 0 saturated carbocycles. The Kier molecular flexibility index (Phi) is 61.8. The van der Waals surface area contributed by atoms with E-state index in [0.29, 0.717) is 0 Å². The van der Waals surface area contributed by atoms with Crippen LogP contribution in [0, 0.1) is 0 Å². The van der Waals surface area contributed by atoms with Crippen LogP contribution in [0.15, 0.2) is 0 Å². The summed E-state index contributed by atoms with van der Waals surface area (Å²) in [5.74, 6) is 0. The van der Waals surface area contributed by atoms with Gasteiger partial charge in [-0.3, -0.25) is 4.39 Å². The summed E-state index contributed by atoms with van der Waals surface area (Å²) in [6.07, 6.45) is 0. The third-order valence-electron chi connectivity index (χ3n) is 0.109. The first-order valence-corrected chi connectivity index (χ1v) is 2.47. The first-order valence-electron chi connectivity index (χ1n) is 2.47. The SMILES string of the molecule is CCF.COCF.FCF. The average molecular weight is 164 g/mol. The Labute approximate surface area is 58.0 Å². The normalized spacial score (nSPS) is 6.60. The standard InChI is InChI=1S/C2H5FO.C2H5F.CH2F2/c1-4-2-3;1-2-3;2-1-3/h2H2,1H3;2H2,1H3;1H2. The quantitative estimate of drug-likeness (QED) is 0.541. The molecule has 0 radical (unpaired) electrons. The molecule has 0 aliphatic heterocycles. The van der Waals surface area contributed by atoms with Crippen LogP contribution in [0.1, 0.15) is 6.92 Å². The van der Waals surface area contributed by atoms with Crippen LogP contribution in [0.4, 0.5) is 17.6 Å². The predicted octanol–water partition coefficient (Wildman–Crippen LogP) is 2.42. The minimum atomic E-state index is -1.75. The number of hydrogen-bond acceptors (Lipinski definition) is 1. The molecule has 0 fully saturated rings. The van der Waals surface area contributed by atoms with E-state index in [9.17, 15) is 17.6 Å². The summed E-state index contributed by atoms with van der Waals surface area (Å²) in [5.41, 5.74) is 0. The van der Waals surface area contributed by atoms with Crippen molar-refractivity contribution in [2.45, 2.75) is 6.92 Å². The van der Waals surface area contributed by atoms with Crippen LogP contribution in [0.5, 0.6) is 0 Å². The summed E-state index contributed by atoms with van der Waals surface area (Å²) in [7, 11) is 1.31. The lowest BCUT2D eigenvalue weighted by Gasteiger charge is -1.72. The van der Waals surface area contributed by atoms with E-state index in [1.165, 1.54) is 14.0 Å². The van der Waals surface area contributed by atoms with Crippen LogP contribution in [0.2, 0.25) is 0 Å². The maximum atomic E-state index is 10.5. The molecule has 0 heterocycles. The Morgan fingerprint density at radius 1 is 1.10 bits per heavy atom. The van der Waals surface area contributed by atoms with E-state index in [0.717, 1.165) is 0 Å². The summed E-state index contributed by atoms with van der Waals surface area (Å²) in [4.78, 5) is 0. The average Bonchev–Trinajstić information content (AvgIpc) is 1.91. The Balaban J connectivity index is -0.0000000750. The first kappa shape index (κ1) is 16.3. The second-order valence-corrected chi connectivity index (χ2v) is 0.766. The second kappa shape index (κ2) is 37.8. The van der Waals surface area contributed by atoms with Crippen LogP contribution in [-0.4, -0.2) is 27.6 Å². The number of halogens is 4. The van der Waals surface area contributed by atoms with Crippen molar-refractivity contribution >= 4 is 0 Å². The molecule has 0 rings (SSSR count). The number of rotatable bonds is 1. The molecular formula is C5H12F4O. The van der Waals surface area contributed by atoms with Crippen LogP contribution >= 0.6 is 0 Å². The van der Waals surface area contributed by atoms with Crippen molar-refractivity contribution in [3.8, 4) is 0 Å². The first-order chi connectivity index (χ1) is 4.74. The molecular weight excluding hydrogens is 152 g/mol. The van der Waals surface area contributed by atoms with Gasteiger partial charge in [-0.25, -0.2) is 13.2 Å². The fourth-order valence-corrected chi connectivity index (χ4v) is 0. The second-order valence-electron chi connectivity index (χ2n) is 0.766. The molecule has 5 heteroatoms. The lowest BCUT2D eigenvalue weighted by molar-refractivity contribution is 0.104. The largest absolute Gasteiger partial charge is 0.354 e. The van der Waals surface area contributed by atoms with Gasteiger partial charge < -0.3 is 4.74 Å². The van der Waals surface area contributed by atoms with Crippen LogP contribution in [-0.2, 0) is 4.74 Å². The molecule has 10 heavy (non-hydrogen) atoms. The zero-order valence-electron chi connectivity index (χ0n) is 6.04. The van der Waals surface area contributed by atoms with E-state index >= 15 is 0 Å². The molecule has 0 atom stereocenters. The van der Waals surface area contributed by atoms with Crippen molar-refractivity contribution in [3.63, 3.8) is 0 Å². The van der Waals surface area contributed by atoms with Gasteiger partial charge in [0.1, 0.15) is 0 Å². The van der Waals surface area contributed by atoms with Crippen molar-refractivity contribution in [3.05, 3.63) is 0 Å². The fourth-order valence-electron chi connectivity index (χ4n) is 0. The Morgan fingerprint density at radius 3 is 1.20 bits per heavy atom. The van der Waals surface area contributed by atoms with Gasteiger partial charge in [-0.2, -0.15) is 0 Å². The molecule has 0 spiro atoms. The minimum Gasteiger partial charge on any atom is -0.354 e. The highest BCUT2D eigenvalue weighted by atomic mass is 19.3. The van der Waals surface area contributed by atoms with Crippen LogP contribution < -0.4 is 0 Å². The topological polar surface area (TPSA) is 9.23 Å². The molecule has 0 N–H and O–H groups in total. The van der Waals surface area contributed by atoms with Crippen LogP contribution in [0.25, 0.3) is 0 Å². The predicted molar refractivity (Wildman–Crippen MR) is 31.7 cm³/mol. The van der Waals surface area contributed by atoms with E-state index in [1.54, 1.807) is 0 Å². The van der Waals surface area contributed by atoms with Gasteiger partial charge in [0, 0.05) is 7.11 Å². The monoisotopic (exact) mass is 164 g/mol. The minimum absolute atomic E-state index is 0.250. The highest BCUT2D eigenvalue weighted by molar-refractivity contribution is 3.86. The van der Waals surface area contributed by atoms with Crippen LogP contribution in [0.3, 0.4) is 0 Å². The van der Waals surface area contributed by atoms with Gasteiger partial charge in [0.25, 0.3) is 0 Å². The zero-order valence-corrected chi connectivity index (χ0v) is 6.04. The maximum absolute atomic E-state index is 10.5. The number of ether oxygens (including phenoxy) is 1. The van der Waals surface area contributed by atoms with Crippen molar-refractivity contribution in [2.75, 3.05) is 27.6 Å². The van der Waals surface area contributed by atoms with E-state index < -0.39 is 13.8 Å². The highest BCUT2D eigenvalue weighted by Gasteiger charge is 1.55. The third kappa shape index (κ3) is 741. The van der Waals surface area contributed by atoms with E-state index in [4.69, 9.17) is 0 Å².